The normalized spacial score (nSPS) is 20.1. The van der Waals surface area contributed by atoms with Crippen LogP contribution in [0.5, 0.6) is 0 Å². The van der Waals surface area contributed by atoms with Crippen LogP contribution in [-0.2, 0) is 0 Å². The second kappa shape index (κ2) is 8.29. The van der Waals surface area contributed by atoms with Crippen molar-refractivity contribution in [2.24, 2.45) is 5.92 Å². The Hall–Kier alpha value is -2.79. The first-order chi connectivity index (χ1) is 14.0. The number of hydrogen-bond acceptors (Lipinski definition) is 3. The first-order valence-electron chi connectivity index (χ1n) is 10.2. The van der Waals surface area contributed by atoms with E-state index in [4.69, 9.17) is 0 Å². The molecule has 3 atom stereocenters. The molecule has 1 aliphatic rings. The van der Waals surface area contributed by atoms with Gasteiger partial charge in [0.2, 0.25) is 0 Å². The number of benzene rings is 3. The van der Waals surface area contributed by atoms with E-state index in [1.54, 1.807) is 18.2 Å². The van der Waals surface area contributed by atoms with Gasteiger partial charge in [0.1, 0.15) is 5.82 Å². The molecule has 0 amide bonds. The number of hydrogen-bond donors (Lipinski definition) is 1. The molecule has 4 rings (SSSR count). The van der Waals surface area contributed by atoms with Crippen molar-refractivity contribution in [2.75, 3.05) is 6.54 Å². The predicted molar refractivity (Wildman–Crippen MR) is 114 cm³/mol. The lowest BCUT2D eigenvalue weighted by Gasteiger charge is -2.20. The summed E-state index contributed by atoms with van der Waals surface area (Å²) >= 11 is 0. The minimum atomic E-state index is -0.355. The van der Waals surface area contributed by atoms with Crippen molar-refractivity contribution >= 4 is 16.5 Å². The van der Waals surface area contributed by atoms with Crippen molar-refractivity contribution in [3.63, 3.8) is 0 Å². The van der Waals surface area contributed by atoms with Crippen molar-refractivity contribution in [3.8, 4) is 0 Å². The Kier molecular flexibility index (Phi) is 5.58. The average Bonchev–Trinajstić information content (AvgIpc) is 3.22. The van der Waals surface area contributed by atoms with Gasteiger partial charge in [-0.3, -0.25) is 10.1 Å². The fourth-order valence-corrected chi connectivity index (χ4v) is 4.55. The standard InChI is InChI=1S/C24H25FN2O2/c1-16(21-12-13-24(25)23-5-3-2-4-22(21)23)26-15-17-6-7-19(14-17)18-8-10-20(11-9-18)27(28)29/h2-5,8-13,16-17,19,26H,6-7,14-15H2,1H3/t16-,17?,19-/m1/s1. The van der Waals surface area contributed by atoms with E-state index in [0.717, 1.165) is 36.8 Å². The van der Waals surface area contributed by atoms with E-state index in [9.17, 15) is 14.5 Å². The zero-order valence-corrected chi connectivity index (χ0v) is 16.5. The maximum Gasteiger partial charge on any atom is 0.269 e. The summed E-state index contributed by atoms with van der Waals surface area (Å²) in [6, 6.07) is 18.2. The Balaban J connectivity index is 1.38. The highest BCUT2D eigenvalue weighted by Crippen LogP contribution is 2.38. The van der Waals surface area contributed by atoms with E-state index in [1.807, 2.05) is 42.5 Å². The lowest BCUT2D eigenvalue weighted by Crippen LogP contribution is -2.25. The largest absolute Gasteiger partial charge is 0.310 e. The molecular formula is C24H25FN2O2. The summed E-state index contributed by atoms with van der Waals surface area (Å²) in [6.07, 6.45) is 3.34. The zero-order valence-electron chi connectivity index (χ0n) is 16.5. The van der Waals surface area contributed by atoms with Gasteiger partial charge in [-0.2, -0.15) is 0 Å². The summed E-state index contributed by atoms with van der Waals surface area (Å²) in [7, 11) is 0. The third-order valence-electron chi connectivity index (χ3n) is 6.20. The van der Waals surface area contributed by atoms with Gasteiger partial charge < -0.3 is 5.32 Å². The Morgan fingerprint density at radius 3 is 2.52 bits per heavy atom. The van der Waals surface area contributed by atoms with Gasteiger partial charge in [-0.15, -0.1) is 0 Å². The summed E-state index contributed by atoms with van der Waals surface area (Å²) < 4.78 is 14.1. The molecule has 0 radical (unpaired) electrons. The number of fused-ring (bicyclic) bond motifs is 1. The highest BCUT2D eigenvalue weighted by Gasteiger charge is 2.26. The molecule has 0 saturated heterocycles. The Labute approximate surface area is 169 Å². The van der Waals surface area contributed by atoms with Gasteiger partial charge in [0.15, 0.2) is 0 Å². The molecule has 4 nitrogen and oxygen atoms in total. The van der Waals surface area contributed by atoms with Gasteiger partial charge in [-0.1, -0.05) is 42.5 Å². The Morgan fingerprint density at radius 1 is 1.07 bits per heavy atom. The smallest absolute Gasteiger partial charge is 0.269 e. The van der Waals surface area contributed by atoms with Gasteiger partial charge >= 0.3 is 0 Å². The van der Waals surface area contributed by atoms with E-state index in [2.05, 4.69) is 12.2 Å². The van der Waals surface area contributed by atoms with Crippen molar-refractivity contribution in [2.45, 2.75) is 38.1 Å². The second-order valence-corrected chi connectivity index (χ2v) is 8.04. The van der Waals surface area contributed by atoms with Crippen LogP contribution in [0.3, 0.4) is 0 Å². The van der Waals surface area contributed by atoms with Crippen LogP contribution in [0.15, 0.2) is 60.7 Å². The molecule has 150 valence electrons. The topological polar surface area (TPSA) is 55.2 Å². The molecule has 1 aliphatic carbocycles. The van der Waals surface area contributed by atoms with E-state index >= 15 is 0 Å². The van der Waals surface area contributed by atoms with Crippen LogP contribution in [0.4, 0.5) is 10.1 Å². The fourth-order valence-electron chi connectivity index (χ4n) is 4.55. The number of rotatable bonds is 6. The fraction of sp³-hybridized carbons (Fsp3) is 0.333. The number of non-ortho nitro benzene ring substituents is 1. The Morgan fingerprint density at radius 2 is 1.79 bits per heavy atom. The highest BCUT2D eigenvalue weighted by atomic mass is 19.1. The van der Waals surface area contributed by atoms with Crippen LogP contribution in [0.25, 0.3) is 10.8 Å². The summed E-state index contributed by atoms with van der Waals surface area (Å²) in [6.45, 7) is 3.04. The van der Waals surface area contributed by atoms with Crippen LogP contribution in [0, 0.1) is 21.8 Å². The number of nitro groups is 1. The predicted octanol–water partition coefficient (Wildman–Crippen LogP) is 6.12. The molecule has 1 unspecified atom stereocenters. The monoisotopic (exact) mass is 392 g/mol. The van der Waals surface area contributed by atoms with Crippen LogP contribution in [0.1, 0.15) is 49.3 Å². The summed E-state index contributed by atoms with van der Waals surface area (Å²) in [5.41, 5.74) is 2.45. The number of nitrogens with one attached hydrogen (secondary N) is 1. The number of nitrogens with zero attached hydrogens (tertiary/aromatic N) is 1. The highest BCUT2D eigenvalue weighted by molar-refractivity contribution is 5.86. The third kappa shape index (κ3) is 4.15. The van der Waals surface area contributed by atoms with Gasteiger partial charge in [0.25, 0.3) is 5.69 Å². The molecule has 1 saturated carbocycles. The van der Waals surface area contributed by atoms with Crippen LogP contribution >= 0.6 is 0 Å². The molecule has 29 heavy (non-hydrogen) atoms. The average molecular weight is 392 g/mol. The molecule has 1 fully saturated rings. The van der Waals surface area contributed by atoms with Crippen molar-refractivity contribution in [3.05, 3.63) is 87.7 Å². The maximum atomic E-state index is 14.1. The first kappa shape index (κ1) is 19.5. The second-order valence-electron chi connectivity index (χ2n) is 8.04. The van der Waals surface area contributed by atoms with Gasteiger partial charge in [-0.05, 0) is 67.1 Å². The van der Waals surface area contributed by atoms with Crippen molar-refractivity contribution < 1.29 is 9.31 Å². The molecular weight excluding hydrogens is 367 g/mol. The van der Waals surface area contributed by atoms with E-state index in [1.165, 1.54) is 5.56 Å². The van der Waals surface area contributed by atoms with Crippen molar-refractivity contribution in [1.82, 2.24) is 5.32 Å². The minimum absolute atomic E-state index is 0.138. The lowest BCUT2D eigenvalue weighted by molar-refractivity contribution is -0.384. The summed E-state index contributed by atoms with van der Waals surface area (Å²) in [4.78, 5) is 10.5. The molecule has 1 N–H and O–H groups in total. The molecule has 0 aliphatic heterocycles. The number of nitro benzene ring substituents is 1. The van der Waals surface area contributed by atoms with Gasteiger partial charge in [-0.25, -0.2) is 4.39 Å². The van der Waals surface area contributed by atoms with E-state index in [0.29, 0.717) is 17.2 Å². The summed E-state index contributed by atoms with van der Waals surface area (Å²) in [5, 5.41) is 16.1. The minimum Gasteiger partial charge on any atom is -0.310 e. The molecule has 3 aromatic rings. The first-order valence-corrected chi connectivity index (χ1v) is 10.2. The van der Waals surface area contributed by atoms with E-state index < -0.39 is 0 Å². The van der Waals surface area contributed by atoms with Crippen molar-refractivity contribution in [1.29, 1.82) is 0 Å². The van der Waals surface area contributed by atoms with Gasteiger partial charge in [0, 0.05) is 23.6 Å². The third-order valence-corrected chi connectivity index (χ3v) is 6.20. The van der Waals surface area contributed by atoms with Gasteiger partial charge in [0.05, 0.1) is 4.92 Å². The maximum absolute atomic E-state index is 14.1. The van der Waals surface area contributed by atoms with Crippen LogP contribution in [0.2, 0.25) is 0 Å². The van der Waals surface area contributed by atoms with Crippen LogP contribution in [-0.4, -0.2) is 11.5 Å². The quantitative estimate of drug-likeness (QED) is 0.406. The van der Waals surface area contributed by atoms with Crippen LogP contribution < -0.4 is 5.32 Å². The van der Waals surface area contributed by atoms with E-state index in [-0.39, 0.29) is 22.5 Å². The summed E-state index contributed by atoms with van der Waals surface area (Å²) in [5.74, 6) is 0.854. The SMILES string of the molecule is C[C@@H](NCC1CC[C@@H](c2ccc([N+](=O)[O-])cc2)C1)c1ccc(F)c2ccccc12. The molecule has 0 heterocycles. The lowest BCUT2D eigenvalue weighted by atomic mass is 9.95. The number of halogens is 1. The molecule has 0 spiro atoms. The molecule has 5 heteroatoms. The zero-order chi connectivity index (χ0) is 20.4. The Bertz CT molecular complexity index is 1020. The molecule has 0 bridgehead atoms. The molecule has 3 aromatic carbocycles. The molecule has 0 aromatic heterocycles.